The Morgan fingerprint density at radius 1 is 0.952 bits per heavy atom. The van der Waals surface area contributed by atoms with Crippen LogP contribution in [-0.4, -0.2) is 36.1 Å². The minimum Gasteiger partial charge on any atom is -0.391 e. The molecule has 5 heteroatoms. The summed E-state index contributed by atoms with van der Waals surface area (Å²) in [6.07, 6.45) is 9.24. The van der Waals surface area contributed by atoms with Crippen molar-refractivity contribution in [2.24, 2.45) is 11.8 Å². The monoisotopic (exact) mass is 296 g/mol. The zero-order valence-corrected chi connectivity index (χ0v) is 12.8. The summed E-state index contributed by atoms with van der Waals surface area (Å²) in [5.74, 6) is 0.569. The normalized spacial score (nSPS) is 21.4. The molecule has 2 rings (SSSR count). The summed E-state index contributed by atoms with van der Waals surface area (Å²) in [4.78, 5) is 23.4. The van der Waals surface area contributed by atoms with Crippen LogP contribution in [0.15, 0.2) is 0 Å². The Hall–Kier alpha value is -1.10. The van der Waals surface area contributed by atoms with Gasteiger partial charge >= 0.3 is 0 Å². The van der Waals surface area contributed by atoms with Crippen molar-refractivity contribution >= 4 is 11.8 Å². The lowest BCUT2D eigenvalue weighted by Crippen LogP contribution is -2.41. The van der Waals surface area contributed by atoms with Crippen molar-refractivity contribution in [1.29, 1.82) is 0 Å². The van der Waals surface area contributed by atoms with Crippen LogP contribution in [0.1, 0.15) is 57.8 Å². The van der Waals surface area contributed by atoms with Gasteiger partial charge in [-0.15, -0.1) is 0 Å². The second-order valence-electron chi connectivity index (χ2n) is 6.55. The van der Waals surface area contributed by atoms with Gasteiger partial charge in [0.15, 0.2) is 0 Å². The van der Waals surface area contributed by atoms with Gasteiger partial charge in [-0.1, -0.05) is 25.7 Å². The van der Waals surface area contributed by atoms with E-state index in [-0.39, 0.29) is 18.4 Å². The SMILES string of the molecule is O=C(CNC(=O)CC1CCCC1)NCC(O)C1CCCC1. The van der Waals surface area contributed by atoms with E-state index in [2.05, 4.69) is 10.6 Å². The third kappa shape index (κ3) is 5.65. The van der Waals surface area contributed by atoms with E-state index in [1.165, 1.54) is 25.7 Å². The summed E-state index contributed by atoms with van der Waals surface area (Å²) in [5, 5.41) is 15.3. The van der Waals surface area contributed by atoms with E-state index in [0.29, 0.717) is 24.8 Å². The van der Waals surface area contributed by atoms with Crippen LogP contribution in [0.2, 0.25) is 0 Å². The van der Waals surface area contributed by atoms with Gasteiger partial charge in [0.2, 0.25) is 11.8 Å². The average molecular weight is 296 g/mol. The lowest BCUT2D eigenvalue weighted by Gasteiger charge is -2.18. The van der Waals surface area contributed by atoms with E-state index in [4.69, 9.17) is 0 Å². The standard InChI is InChI=1S/C16H28N2O3/c19-14(13-7-3-4-8-13)10-17-16(21)11-18-15(20)9-12-5-1-2-6-12/h12-14,19H,1-11H2,(H,17,21)(H,18,20). The first-order valence-corrected chi connectivity index (χ1v) is 8.36. The smallest absolute Gasteiger partial charge is 0.239 e. The van der Waals surface area contributed by atoms with Gasteiger partial charge < -0.3 is 15.7 Å². The molecule has 3 N–H and O–H groups in total. The zero-order chi connectivity index (χ0) is 15.1. The van der Waals surface area contributed by atoms with Gasteiger partial charge in [-0.3, -0.25) is 9.59 Å². The molecule has 1 unspecified atom stereocenters. The van der Waals surface area contributed by atoms with E-state index >= 15 is 0 Å². The molecule has 0 saturated heterocycles. The minimum atomic E-state index is -0.453. The fourth-order valence-corrected chi connectivity index (χ4v) is 3.52. The Balaban J connectivity index is 1.55. The van der Waals surface area contributed by atoms with Crippen molar-refractivity contribution in [2.75, 3.05) is 13.1 Å². The van der Waals surface area contributed by atoms with Gasteiger partial charge in [0, 0.05) is 13.0 Å². The molecule has 2 fully saturated rings. The molecule has 0 radical (unpaired) electrons. The van der Waals surface area contributed by atoms with Gasteiger partial charge in [0.05, 0.1) is 12.6 Å². The molecule has 0 heterocycles. The van der Waals surface area contributed by atoms with Gasteiger partial charge in [0.25, 0.3) is 0 Å². The third-order valence-electron chi connectivity index (χ3n) is 4.85. The van der Waals surface area contributed by atoms with Crippen LogP contribution in [0, 0.1) is 11.8 Å². The quantitative estimate of drug-likeness (QED) is 0.663. The Morgan fingerprint density at radius 2 is 1.57 bits per heavy atom. The summed E-state index contributed by atoms with van der Waals surface area (Å²) < 4.78 is 0. The lowest BCUT2D eigenvalue weighted by atomic mass is 10.0. The van der Waals surface area contributed by atoms with Crippen LogP contribution in [0.3, 0.4) is 0 Å². The molecule has 0 aromatic carbocycles. The van der Waals surface area contributed by atoms with Crippen molar-refractivity contribution in [3.8, 4) is 0 Å². The van der Waals surface area contributed by atoms with Crippen molar-refractivity contribution in [2.45, 2.75) is 63.9 Å². The Bertz CT molecular complexity index is 347. The molecule has 2 saturated carbocycles. The van der Waals surface area contributed by atoms with Crippen molar-refractivity contribution in [3.05, 3.63) is 0 Å². The predicted molar refractivity (Wildman–Crippen MR) is 80.6 cm³/mol. The molecule has 5 nitrogen and oxygen atoms in total. The number of carbonyl (C=O) groups excluding carboxylic acids is 2. The molecular formula is C16H28N2O3. The minimum absolute atomic E-state index is 0.0168. The number of carbonyl (C=O) groups is 2. The van der Waals surface area contributed by atoms with Crippen molar-refractivity contribution in [1.82, 2.24) is 10.6 Å². The average Bonchev–Trinajstić information content (AvgIpc) is 3.15. The maximum absolute atomic E-state index is 11.7. The first-order valence-electron chi connectivity index (χ1n) is 8.36. The Kier molecular flexibility index (Phi) is 6.49. The van der Waals surface area contributed by atoms with Gasteiger partial charge in [0.1, 0.15) is 0 Å². The molecule has 0 spiro atoms. The number of hydrogen-bond acceptors (Lipinski definition) is 3. The first-order chi connectivity index (χ1) is 10.1. The lowest BCUT2D eigenvalue weighted by molar-refractivity contribution is -0.126. The zero-order valence-electron chi connectivity index (χ0n) is 12.8. The number of nitrogens with one attached hydrogen (secondary N) is 2. The predicted octanol–water partition coefficient (Wildman–Crippen LogP) is 1.35. The number of aliphatic hydroxyl groups excluding tert-OH is 1. The molecule has 0 aliphatic heterocycles. The van der Waals surface area contributed by atoms with E-state index in [1.807, 2.05) is 0 Å². The van der Waals surface area contributed by atoms with Crippen LogP contribution in [0.4, 0.5) is 0 Å². The highest BCUT2D eigenvalue weighted by atomic mass is 16.3. The van der Waals surface area contributed by atoms with Crippen molar-refractivity contribution in [3.63, 3.8) is 0 Å². The molecule has 0 bridgehead atoms. The molecular weight excluding hydrogens is 268 g/mol. The number of aliphatic hydroxyl groups is 1. The highest BCUT2D eigenvalue weighted by Gasteiger charge is 2.23. The summed E-state index contributed by atoms with van der Waals surface area (Å²) in [7, 11) is 0. The largest absolute Gasteiger partial charge is 0.391 e. The first kappa shape index (κ1) is 16.3. The Morgan fingerprint density at radius 3 is 2.24 bits per heavy atom. The van der Waals surface area contributed by atoms with Crippen molar-refractivity contribution < 1.29 is 14.7 Å². The van der Waals surface area contributed by atoms with Crippen LogP contribution in [0.25, 0.3) is 0 Å². The fraction of sp³-hybridized carbons (Fsp3) is 0.875. The maximum Gasteiger partial charge on any atom is 0.239 e. The number of hydrogen-bond donors (Lipinski definition) is 3. The molecule has 2 aliphatic rings. The molecule has 0 aromatic rings. The number of amides is 2. The topological polar surface area (TPSA) is 78.4 Å². The molecule has 2 amide bonds. The second-order valence-corrected chi connectivity index (χ2v) is 6.55. The van der Waals surface area contributed by atoms with Crippen LogP contribution in [-0.2, 0) is 9.59 Å². The number of rotatable bonds is 7. The summed E-state index contributed by atoms with van der Waals surface area (Å²) in [6, 6.07) is 0. The summed E-state index contributed by atoms with van der Waals surface area (Å²) >= 11 is 0. The van der Waals surface area contributed by atoms with Crippen LogP contribution < -0.4 is 10.6 Å². The van der Waals surface area contributed by atoms with Gasteiger partial charge in [-0.2, -0.15) is 0 Å². The summed E-state index contributed by atoms with van der Waals surface area (Å²) in [6.45, 7) is 0.310. The van der Waals surface area contributed by atoms with Gasteiger partial charge in [-0.25, -0.2) is 0 Å². The molecule has 21 heavy (non-hydrogen) atoms. The van der Waals surface area contributed by atoms with E-state index in [0.717, 1.165) is 25.7 Å². The van der Waals surface area contributed by atoms with Crippen LogP contribution >= 0.6 is 0 Å². The summed E-state index contributed by atoms with van der Waals surface area (Å²) in [5.41, 5.74) is 0. The molecule has 0 aromatic heterocycles. The van der Waals surface area contributed by atoms with Gasteiger partial charge in [-0.05, 0) is 37.5 Å². The molecule has 1 atom stereocenters. The molecule has 120 valence electrons. The van der Waals surface area contributed by atoms with E-state index in [1.54, 1.807) is 0 Å². The molecule has 2 aliphatic carbocycles. The van der Waals surface area contributed by atoms with E-state index < -0.39 is 6.10 Å². The van der Waals surface area contributed by atoms with Crippen LogP contribution in [0.5, 0.6) is 0 Å². The maximum atomic E-state index is 11.7. The van der Waals surface area contributed by atoms with E-state index in [9.17, 15) is 14.7 Å². The fourth-order valence-electron chi connectivity index (χ4n) is 3.52. The Labute approximate surface area is 126 Å². The second kappa shape index (κ2) is 8.37. The highest BCUT2D eigenvalue weighted by molar-refractivity contribution is 5.84. The third-order valence-corrected chi connectivity index (χ3v) is 4.85. The highest BCUT2D eigenvalue weighted by Crippen LogP contribution is 2.28.